The molecule has 21 heavy (non-hydrogen) atoms. The molecule has 2 rings (SSSR count). The Morgan fingerprint density at radius 2 is 2.24 bits per heavy atom. The molecule has 2 unspecified atom stereocenters. The highest BCUT2D eigenvalue weighted by Crippen LogP contribution is 2.19. The Morgan fingerprint density at radius 1 is 1.48 bits per heavy atom. The van der Waals surface area contributed by atoms with Crippen molar-refractivity contribution in [2.24, 2.45) is 0 Å². The number of H-pyrrole nitrogens is 1. The van der Waals surface area contributed by atoms with Crippen LogP contribution in [0.2, 0.25) is 0 Å². The van der Waals surface area contributed by atoms with Gasteiger partial charge >= 0.3 is 5.97 Å². The van der Waals surface area contributed by atoms with Crippen LogP contribution in [-0.4, -0.2) is 52.4 Å². The molecular formula is C12H17N3O5S. The normalized spacial score (nSPS) is 22.4. The van der Waals surface area contributed by atoms with E-state index in [1.807, 2.05) is 0 Å². The van der Waals surface area contributed by atoms with Gasteiger partial charge in [0.1, 0.15) is 11.3 Å². The summed E-state index contributed by atoms with van der Waals surface area (Å²) in [5.41, 5.74) is 0.550. The van der Waals surface area contributed by atoms with E-state index in [2.05, 4.69) is 15.3 Å². The molecule has 116 valence electrons. The maximum atomic E-state index is 12.1. The van der Waals surface area contributed by atoms with E-state index < -0.39 is 33.0 Å². The van der Waals surface area contributed by atoms with Crippen molar-refractivity contribution in [3.8, 4) is 0 Å². The molecule has 1 fully saturated rings. The van der Waals surface area contributed by atoms with Gasteiger partial charge in [0, 0.05) is 18.3 Å². The molecule has 1 aliphatic rings. The van der Waals surface area contributed by atoms with Crippen LogP contribution in [0.3, 0.4) is 0 Å². The molecule has 1 amide bonds. The summed E-state index contributed by atoms with van der Waals surface area (Å²) < 4.78 is 23.7. The fraction of sp³-hybridized carbons (Fsp3) is 0.583. The summed E-state index contributed by atoms with van der Waals surface area (Å²) in [4.78, 5) is 29.8. The van der Waals surface area contributed by atoms with Crippen LogP contribution in [0, 0.1) is 0 Å². The Morgan fingerprint density at radius 3 is 2.81 bits per heavy atom. The first-order valence-electron chi connectivity index (χ1n) is 6.62. The standard InChI is InChI=1S/C12H17N3O5S/c16-11(10-3-1-2-4-21(10,19)20)15-9(12(17)18)5-8-6-13-7-14-8/h6-7,9-10H,1-5H2,(H,13,14)(H,15,16)(H,17,18). The number of imidazole rings is 1. The number of nitrogens with one attached hydrogen (secondary N) is 2. The molecular weight excluding hydrogens is 298 g/mol. The van der Waals surface area contributed by atoms with Crippen LogP contribution in [0.15, 0.2) is 12.5 Å². The average Bonchev–Trinajstić information content (AvgIpc) is 2.90. The van der Waals surface area contributed by atoms with Crippen LogP contribution in [-0.2, 0) is 25.8 Å². The van der Waals surface area contributed by atoms with Gasteiger partial charge in [-0.3, -0.25) is 4.79 Å². The van der Waals surface area contributed by atoms with Crippen molar-refractivity contribution < 1.29 is 23.1 Å². The smallest absolute Gasteiger partial charge is 0.326 e. The molecule has 0 saturated carbocycles. The number of carbonyl (C=O) groups excluding carboxylic acids is 1. The van der Waals surface area contributed by atoms with Crippen LogP contribution in [0.5, 0.6) is 0 Å². The zero-order valence-corrected chi connectivity index (χ0v) is 12.1. The molecule has 0 radical (unpaired) electrons. The molecule has 2 heterocycles. The Balaban J connectivity index is 2.06. The van der Waals surface area contributed by atoms with Crippen molar-refractivity contribution in [1.82, 2.24) is 15.3 Å². The van der Waals surface area contributed by atoms with Gasteiger partial charge in [0.2, 0.25) is 5.91 Å². The minimum atomic E-state index is -3.48. The van der Waals surface area contributed by atoms with E-state index in [9.17, 15) is 18.0 Å². The molecule has 8 nitrogen and oxygen atoms in total. The zero-order chi connectivity index (χ0) is 15.5. The Hall–Kier alpha value is -1.90. The fourth-order valence-corrected chi connectivity index (χ4v) is 4.14. The molecule has 0 aliphatic carbocycles. The van der Waals surface area contributed by atoms with Gasteiger partial charge < -0.3 is 15.4 Å². The minimum absolute atomic E-state index is 0.0217. The van der Waals surface area contributed by atoms with Crippen molar-refractivity contribution >= 4 is 21.7 Å². The molecule has 1 aromatic rings. The zero-order valence-electron chi connectivity index (χ0n) is 11.3. The number of sulfone groups is 1. The first-order valence-corrected chi connectivity index (χ1v) is 8.33. The summed E-state index contributed by atoms with van der Waals surface area (Å²) in [6.07, 6.45) is 4.32. The summed E-state index contributed by atoms with van der Waals surface area (Å²) in [6.45, 7) is 0. The highest BCUT2D eigenvalue weighted by molar-refractivity contribution is 7.92. The van der Waals surface area contributed by atoms with E-state index in [4.69, 9.17) is 5.11 Å². The summed E-state index contributed by atoms with van der Waals surface area (Å²) in [5, 5.41) is 10.3. The Bertz CT molecular complexity index is 611. The molecule has 2 atom stereocenters. The summed E-state index contributed by atoms with van der Waals surface area (Å²) in [6, 6.07) is -1.19. The second-order valence-corrected chi connectivity index (χ2v) is 7.33. The number of hydrogen-bond donors (Lipinski definition) is 3. The highest BCUT2D eigenvalue weighted by atomic mass is 32.2. The second kappa shape index (κ2) is 6.25. The third-order valence-corrected chi connectivity index (χ3v) is 5.64. The van der Waals surface area contributed by atoms with Gasteiger partial charge in [-0.2, -0.15) is 0 Å². The fourth-order valence-electron chi connectivity index (χ4n) is 2.33. The number of aliphatic carboxylic acids is 1. The monoisotopic (exact) mass is 315 g/mol. The van der Waals surface area contributed by atoms with E-state index in [1.54, 1.807) is 0 Å². The minimum Gasteiger partial charge on any atom is -0.480 e. The number of carboxylic acid groups (broad SMARTS) is 1. The first-order chi connectivity index (χ1) is 9.90. The van der Waals surface area contributed by atoms with Gasteiger partial charge in [-0.15, -0.1) is 0 Å². The van der Waals surface area contributed by atoms with Gasteiger partial charge in [0.25, 0.3) is 0 Å². The van der Waals surface area contributed by atoms with Gasteiger partial charge in [0.05, 0.1) is 12.1 Å². The third kappa shape index (κ3) is 3.81. The quantitative estimate of drug-likeness (QED) is 0.671. The molecule has 3 N–H and O–H groups in total. The number of aromatic nitrogens is 2. The maximum absolute atomic E-state index is 12.1. The van der Waals surface area contributed by atoms with Gasteiger partial charge in [-0.05, 0) is 12.8 Å². The number of carboxylic acids is 1. The summed E-state index contributed by atoms with van der Waals surface area (Å²) in [5.74, 6) is -1.98. The maximum Gasteiger partial charge on any atom is 0.326 e. The van der Waals surface area contributed by atoms with E-state index in [-0.39, 0.29) is 18.6 Å². The molecule has 9 heteroatoms. The van der Waals surface area contributed by atoms with E-state index in [0.29, 0.717) is 18.5 Å². The Kier molecular flexibility index (Phi) is 4.61. The van der Waals surface area contributed by atoms with E-state index in [1.165, 1.54) is 12.5 Å². The largest absolute Gasteiger partial charge is 0.480 e. The van der Waals surface area contributed by atoms with Gasteiger partial charge in [-0.25, -0.2) is 18.2 Å². The van der Waals surface area contributed by atoms with E-state index in [0.717, 1.165) is 0 Å². The lowest BCUT2D eigenvalue weighted by Crippen LogP contribution is -2.50. The lowest BCUT2D eigenvalue weighted by Gasteiger charge is -2.23. The van der Waals surface area contributed by atoms with Crippen molar-refractivity contribution in [2.75, 3.05) is 5.75 Å². The van der Waals surface area contributed by atoms with Crippen LogP contribution in [0.25, 0.3) is 0 Å². The summed E-state index contributed by atoms with van der Waals surface area (Å²) in [7, 11) is -3.48. The number of nitrogens with zero attached hydrogens (tertiary/aromatic N) is 1. The highest BCUT2D eigenvalue weighted by Gasteiger charge is 2.36. The molecule has 0 spiro atoms. The molecule has 1 saturated heterocycles. The number of hydrogen-bond acceptors (Lipinski definition) is 5. The van der Waals surface area contributed by atoms with Crippen molar-refractivity contribution in [3.63, 3.8) is 0 Å². The predicted molar refractivity (Wildman–Crippen MR) is 73.3 cm³/mol. The van der Waals surface area contributed by atoms with Crippen molar-refractivity contribution in [2.45, 2.75) is 37.0 Å². The van der Waals surface area contributed by atoms with Gasteiger partial charge in [-0.1, -0.05) is 6.42 Å². The van der Waals surface area contributed by atoms with Crippen LogP contribution >= 0.6 is 0 Å². The molecule has 0 aromatic carbocycles. The van der Waals surface area contributed by atoms with E-state index >= 15 is 0 Å². The van der Waals surface area contributed by atoms with Crippen LogP contribution in [0.4, 0.5) is 0 Å². The second-order valence-electron chi connectivity index (χ2n) is 5.03. The predicted octanol–water partition coefficient (Wildman–Crippen LogP) is -0.511. The number of carbonyl (C=O) groups is 2. The summed E-state index contributed by atoms with van der Waals surface area (Å²) >= 11 is 0. The SMILES string of the molecule is O=C(O)C(Cc1cnc[nH]1)NC(=O)C1CCCCS1(=O)=O. The lowest BCUT2D eigenvalue weighted by molar-refractivity contribution is -0.141. The first kappa shape index (κ1) is 15.5. The topological polar surface area (TPSA) is 129 Å². The molecule has 0 bridgehead atoms. The average molecular weight is 315 g/mol. The Labute approximate surface area is 121 Å². The third-order valence-electron chi connectivity index (χ3n) is 3.46. The van der Waals surface area contributed by atoms with Crippen molar-refractivity contribution in [1.29, 1.82) is 0 Å². The van der Waals surface area contributed by atoms with Crippen molar-refractivity contribution in [3.05, 3.63) is 18.2 Å². The van der Waals surface area contributed by atoms with Crippen LogP contribution < -0.4 is 5.32 Å². The van der Waals surface area contributed by atoms with Gasteiger partial charge in [0.15, 0.2) is 9.84 Å². The molecule has 1 aliphatic heterocycles. The lowest BCUT2D eigenvalue weighted by atomic mass is 10.1. The van der Waals surface area contributed by atoms with Crippen LogP contribution in [0.1, 0.15) is 25.0 Å². The molecule has 1 aromatic heterocycles. The number of amides is 1. The number of aromatic amines is 1. The number of rotatable bonds is 5.